The van der Waals surface area contributed by atoms with Gasteiger partial charge in [-0.3, -0.25) is 4.72 Å². The molecule has 1 fully saturated rings. The predicted molar refractivity (Wildman–Crippen MR) is 75.5 cm³/mol. The Balaban J connectivity index is 2.09. The maximum absolute atomic E-state index is 3.87. The lowest BCUT2D eigenvalue weighted by molar-refractivity contribution is 0.409. The highest BCUT2D eigenvalue weighted by atomic mass is 32.3. The second-order valence-corrected chi connectivity index (χ2v) is 7.71. The zero-order chi connectivity index (χ0) is 11.4. The van der Waals surface area contributed by atoms with Crippen LogP contribution in [0.4, 0.5) is 0 Å². The molecule has 1 aliphatic heterocycles. The first kappa shape index (κ1) is 12.0. The zero-order valence-corrected chi connectivity index (χ0v) is 11.1. The van der Waals surface area contributed by atoms with E-state index >= 15 is 0 Å². The third kappa shape index (κ3) is 2.44. The monoisotopic (exact) mass is 237 g/mol. The van der Waals surface area contributed by atoms with Crippen molar-refractivity contribution in [2.75, 3.05) is 12.8 Å². The fourth-order valence-electron chi connectivity index (χ4n) is 2.70. The van der Waals surface area contributed by atoms with Crippen LogP contribution in [-0.4, -0.2) is 12.8 Å². The molecule has 16 heavy (non-hydrogen) atoms. The summed E-state index contributed by atoms with van der Waals surface area (Å²) in [5.74, 6) is 1.90. The standard InChI is InChI=1S/C14H23NS/c1-3-10-16(15-2)11-9-14(12-16)13-7-5-4-6-8-13/h3,9,11-13,15H,1,4-8,10H2,2H3. The predicted octanol–water partition coefficient (Wildman–Crippen LogP) is 4.10. The van der Waals surface area contributed by atoms with Gasteiger partial charge in [-0.15, -0.1) is 16.8 Å². The quantitative estimate of drug-likeness (QED) is 0.726. The van der Waals surface area contributed by atoms with Crippen LogP contribution in [0.25, 0.3) is 0 Å². The van der Waals surface area contributed by atoms with Gasteiger partial charge in [0, 0.05) is 5.75 Å². The van der Waals surface area contributed by atoms with Crippen LogP contribution in [0.5, 0.6) is 0 Å². The van der Waals surface area contributed by atoms with Gasteiger partial charge in [-0.2, -0.15) is 0 Å². The van der Waals surface area contributed by atoms with E-state index in [9.17, 15) is 0 Å². The molecule has 2 aliphatic rings. The molecule has 1 atom stereocenters. The van der Waals surface area contributed by atoms with Crippen LogP contribution in [0.15, 0.2) is 35.1 Å². The van der Waals surface area contributed by atoms with Crippen molar-refractivity contribution in [2.45, 2.75) is 32.1 Å². The van der Waals surface area contributed by atoms with E-state index in [-0.39, 0.29) is 0 Å². The summed E-state index contributed by atoms with van der Waals surface area (Å²) in [4.78, 5) is 0. The summed E-state index contributed by atoms with van der Waals surface area (Å²) in [6.45, 7) is 3.87. The van der Waals surface area contributed by atoms with Crippen molar-refractivity contribution < 1.29 is 0 Å². The number of rotatable bonds is 4. The van der Waals surface area contributed by atoms with Crippen LogP contribution in [0.3, 0.4) is 0 Å². The highest BCUT2D eigenvalue weighted by molar-refractivity contribution is 8.37. The molecule has 1 aliphatic carbocycles. The Kier molecular flexibility index (Phi) is 3.93. The molecule has 0 amide bonds. The average Bonchev–Trinajstić information content (AvgIpc) is 2.76. The van der Waals surface area contributed by atoms with Crippen LogP contribution in [0.1, 0.15) is 32.1 Å². The van der Waals surface area contributed by atoms with Crippen molar-refractivity contribution in [2.24, 2.45) is 5.92 Å². The Morgan fingerprint density at radius 3 is 2.81 bits per heavy atom. The van der Waals surface area contributed by atoms with Crippen molar-refractivity contribution >= 4 is 10.2 Å². The van der Waals surface area contributed by atoms with Gasteiger partial charge in [0.2, 0.25) is 0 Å². The van der Waals surface area contributed by atoms with Crippen LogP contribution in [-0.2, 0) is 0 Å². The Labute approximate surface area is 101 Å². The normalized spacial score (nSPS) is 34.4. The molecule has 2 heteroatoms. The first-order valence-corrected chi connectivity index (χ1v) is 8.22. The van der Waals surface area contributed by atoms with Gasteiger partial charge < -0.3 is 0 Å². The maximum atomic E-state index is 3.87. The van der Waals surface area contributed by atoms with E-state index in [1.54, 1.807) is 5.57 Å². The third-order valence-electron chi connectivity index (χ3n) is 3.70. The summed E-state index contributed by atoms with van der Waals surface area (Å²) in [6, 6.07) is 0. The van der Waals surface area contributed by atoms with Gasteiger partial charge in [-0.25, -0.2) is 0 Å². The van der Waals surface area contributed by atoms with Crippen molar-refractivity contribution in [1.82, 2.24) is 4.72 Å². The van der Waals surface area contributed by atoms with E-state index in [2.05, 4.69) is 35.2 Å². The largest absolute Gasteiger partial charge is 0.277 e. The van der Waals surface area contributed by atoms with Gasteiger partial charge in [0.25, 0.3) is 0 Å². The zero-order valence-electron chi connectivity index (χ0n) is 10.2. The molecule has 90 valence electrons. The molecular formula is C14H23NS. The van der Waals surface area contributed by atoms with E-state index in [0.717, 1.165) is 11.7 Å². The van der Waals surface area contributed by atoms with Gasteiger partial charge >= 0.3 is 0 Å². The molecule has 1 heterocycles. The Morgan fingerprint density at radius 1 is 1.44 bits per heavy atom. The van der Waals surface area contributed by atoms with Crippen molar-refractivity contribution in [3.8, 4) is 0 Å². The molecule has 1 N–H and O–H groups in total. The second kappa shape index (κ2) is 5.24. The number of hydrogen-bond donors (Lipinski definition) is 1. The lowest BCUT2D eigenvalue weighted by Crippen LogP contribution is -2.13. The molecule has 0 aromatic carbocycles. The van der Waals surface area contributed by atoms with E-state index in [1.807, 2.05) is 6.08 Å². The fraction of sp³-hybridized carbons (Fsp3) is 0.571. The summed E-state index contributed by atoms with van der Waals surface area (Å²) < 4.78 is 3.50. The van der Waals surface area contributed by atoms with Crippen molar-refractivity contribution in [3.63, 3.8) is 0 Å². The number of nitrogens with one attached hydrogen (secondary N) is 1. The van der Waals surface area contributed by atoms with Gasteiger partial charge in [0.05, 0.1) is 0 Å². The third-order valence-corrected chi connectivity index (χ3v) is 6.56. The fourth-order valence-corrected chi connectivity index (χ4v) is 4.95. The molecule has 0 saturated heterocycles. The van der Waals surface area contributed by atoms with E-state index in [1.165, 1.54) is 32.1 Å². The molecule has 1 saturated carbocycles. The van der Waals surface area contributed by atoms with E-state index < -0.39 is 10.2 Å². The van der Waals surface area contributed by atoms with Gasteiger partial charge in [-0.1, -0.05) is 31.4 Å². The lowest BCUT2D eigenvalue weighted by atomic mass is 9.84. The number of allylic oxidation sites excluding steroid dienone is 2. The first-order chi connectivity index (χ1) is 7.79. The summed E-state index contributed by atoms with van der Waals surface area (Å²) in [5, 5.41) is 4.89. The molecule has 2 rings (SSSR count). The molecule has 1 unspecified atom stereocenters. The number of hydrogen-bond acceptors (Lipinski definition) is 1. The minimum atomic E-state index is -0.858. The van der Waals surface area contributed by atoms with Crippen LogP contribution in [0.2, 0.25) is 0 Å². The van der Waals surface area contributed by atoms with Gasteiger partial charge in [0.1, 0.15) is 0 Å². The van der Waals surface area contributed by atoms with Crippen molar-refractivity contribution in [3.05, 3.63) is 35.1 Å². The minimum absolute atomic E-state index is 0.831. The van der Waals surface area contributed by atoms with Crippen molar-refractivity contribution in [1.29, 1.82) is 0 Å². The summed E-state index contributed by atoms with van der Waals surface area (Å²) in [6.07, 6.45) is 11.5. The van der Waals surface area contributed by atoms with Crippen LogP contribution < -0.4 is 4.72 Å². The maximum Gasteiger partial charge on any atom is 0.0139 e. The Bertz CT molecular complexity index is 313. The van der Waals surface area contributed by atoms with E-state index in [4.69, 9.17) is 0 Å². The summed E-state index contributed by atoms with van der Waals surface area (Å²) in [7, 11) is 1.21. The minimum Gasteiger partial charge on any atom is -0.277 e. The smallest absolute Gasteiger partial charge is 0.0139 e. The Hall–Kier alpha value is -0.470. The molecule has 0 bridgehead atoms. The Morgan fingerprint density at radius 2 is 2.19 bits per heavy atom. The second-order valence-electron chi connectivity index (χ2n) is 4.76. The summed E-state index contributed by atoms with van der Waals surface area (Å²) >= 11 is 0. The SMILES string of the molecule is C=CCS1(NC)C=CC(C2CCCCC2)=C1. The molecule has 1 nitrogen and oxygen atoms in total. The molecule has 0 spiro atoms. The first-order valence-electron chi connectivity index (χ1n) is 6.30. The van der Waals surface area contributed by atoms with Crippen LogP contribution >= 0.6 is 10.2 Å². The molecule has 0 aromatic heterocycles. The highest BCUT2D eigenvalue weighted by Crippen LogP contribution is 2.53. The van der Waals surface area contributed by atoms with Crippen LogP contribution in [0, 0.1) is 5.92 Å². The highest BCUT2D eigenvalue weighted by Gasteiger charge is 2.25. The lowest BCUT2D eigenvalue weighted by Gasteiger charge is -2.30. The topological polar surface area (TPSA) is 12.0 Å². The molecule has 0 radical (unpaired) electrons. The van der Waals surface area contributed by atoms with Gasteiger partial charge in [0.15, 0.2) is 0 Å². The summed E-state index contributed by atoms with van der Waals surface area (Å²) in [5.41, 5.74) is 1.59. The van der Waals surface area contributed by atoms with E-state index in [0.29, 0.717) is 0 Å². The average molecular weight is 237 g/mol. The molecule has 0 aromatic rings. The molecular weight excluding hydrogens is 214 g/mol. The van der Waals surface area contributed by atoms with Gasteiger partial charge in [-0.05, 0) is 42.2 Å².